The summed E-state index contributed by atoms with van der Waals surface area (Å²) in [6.45, 7) is 9.01. The third-order valence-electron chi connectivity index (χ3n) is 4.91. The van der Waals surface area contributed by atoms with Gasteiger partial charge in [-0.15, -0.1) is 0 Å². The Balaban J connectivity index is 1.68. The Bertz CT molecular complexity index is 1090. The fourth-order valence-electron chi connectivity index (χ4n) is 3.36. The van der Waals surface area contributed by atoms with E-state index in [1.54, 1.807) is 36.0 Å². The van der Waals surface area contributed by atoms with Crippen LogP contribution in [-0.4, -0.2) is 39.2 Å². The quantitative estimate of drug-likeness (QED) is 0.642. The van der Waals surface area contributed by atoms with Crippen molar-refractivity contribution in [1.29, 1.82) is 0 Å². The number of anilines is 1. The predicted octanol–water partition coefficient (Wildman–Crippen LogP) is 2.76. The molecule has 4 rings (SSSR count). The van der Waals surface area contributed by atoms with E-state index < -0.39 is 0 Å². The zero-order chi connectivity index (χ0) is 20.2. The van der Waals surface area contributed by atoms with Crippen LogP contribution in [0.1, 0.15) is 18.1 Å². The van der Waals surface area contributed by atoms with Crippen LogP contribution in [0.3, 0.4) is 0 Å². The van der Waals surface area contributed by atoms with Crippen LogP contribution in [0, 0.1) is 6.57 Å². The first-order chi connectivity index (χ1) is 14.2. The number of benzene rings is 1. The number of rotatable bonds is 3. The zero-order valence-electron chi connectivity index (χ0n) is 16.0. The number of ether oxygens (including phenoxy) is 1. The molecule has 0 bridgehead atoms. The highest BCUT2D eigenvalue weighted by molar-refractivity contribution is 5.55. The van der Waals surface area contributed by atoms with E-state index in [-0.39, 0.29) is 11.7 Å². The molecule has 2 aromatic heterocycles. The van der Waals surface area contributed by atoms with Crippen LogP contribution in [0.25, 0.3) is 16.2 Å². The first-order valence-electron chi connectivity index (χ1n) is 9.34. The molecule has 3 heterocycles. The average Bonchev–Trinajstić information content (AvgIpc) is 3.02. The minimum atomic E-state index is -0.170. The van der Waals surface area contributed by atoms with Gasteiger partial charge in [-0.25, -0.2) is 19.8 Å². The van der Waals surface area contributed by atoms with E-state index in [1.165, 1.54) is 12.4 Å². The molecule has 1 atom stereocenters. The maximum Gasteiger partial charge on any atom is 0.255 e. The van der Waals surface area contributed by atoms with Gasteiger partial charge < -0.3 is 9.64 Å². The lowest BCUT2D eigenvalue weighted by Crippen LogP contribution is -2.34. The Morgan fingerprint density at radius 3 is 2.76 bits per heavy atom. The van der Waals surface area contributed by atoms with Gasteiger partial charge in [0, 0.05) is 32.5 Å². The van der Waals surface area contributed by atoms with Crippen LogP contribution in [0.5, 0.6) is 0 Å². The first kappa shape index (κ1) is 18.8. The van der Waals surface area contributed by atoms with Crippen molar-refractivity contribution in [2.24, 2.45) is 7.05 Å². The van der Waals surface area contributed by atoms with Crippen molar-refractivity contribution in [2.75, 3.05) is 24.6 Å². The molecular weight excluding hydrogens is 368 g/mol. The van der Waals surface area contributed by atoms with Gasteiger partial charge in [0.05, 0.1) is 30.6 Å². The topological polar surface area (TPSA) is 77.5 Å². The van der Waals surface area contributed by atoms with Crippen molar-refractivity contribution in [1.82, 2.24) is 19.5 Å². The summed E-state index contributed by atoms with van der Waals surface area (Å²) < 4.78 is 7.60. The van der Waals surface area contributed by atoms with Crippen LogP contribution in [0.15, 0.2) is 53.7 Å². The van der Waals surface area contributed by atoms with Gasteiger partial charge >= 0.3 is 0 Å². The molecule has 0 N–H and O–H groups in total. The molecule has 0 amide bonds. The molecule has 0 saturated carbocycles. The highest BCUT2D eigenvalue weighted by Crippen LogP contribution is 2.26. The average molecular weight is 388 g/mol. The van der Waals surface area contributed by atoms with Crippen molar-refractivity contribution in [2.45, 2.75) is 12.5 Å². The normalized spacial score (nSPS) is 16.8. The minimum Gasteiger partial charge on any atom is -0.372 e. The second kappa shape index (κ2) is 8.20. The van der Waals surface area contributed by atoms with Crippen molar-refractivity contribution in [3.63, 3.8) is 0 Å². The minimum absolute atomic E-state index is 0.147. The summed E-state index contributed by atoms with van der Waals surface area (Å²) in [6.07, 6.45) is 3.72. The van der Waals surface area contributed by atoms with Crippen LogP contribution in [0.4, 0.5) is 11.6 Å². The van der Waals surface area contributed by atoms with E-state index in [2.05, 4.69) is 19.7 Å². The van der Waals surface area contributed by atoms with Crippen LogP contribution >= 0.6 is 0 Å². The standard InChI is InChI=1S/C21H20N6O2/c1-22-16-6-4-15(5-7-16)19-13-27(10-3-11-29-19)21-25-18(12-20(28)26(21)2)17-8-9-23-14-24-17/h4-9,12,14,19H,3,10-11,13H2,2H3/t19-/m1/s1. The number of nitrogens with zero attached hydrogens (tertiary/aromatic N) is 6. The second-order valence-electron chi connectivity index (χ2n) is 6.80. The van der Waals surface area contributed by atoms with E-state index in [9.17, 15) is 4.79 Å². The van der Waals surface area contributed by atoms with Crippen molar-refractivity contribution in [3.05, 3.63) is 76.3 Å². The SMILES string of the molecule is [C-]#[N+]c1ccc([C@H]2CN(c3nc(-c4ccncn4)cc(=O)n3C)CCCO2)cc1. The zero-order valence-corrected chi connectivity index (χ0v) is 16.0. The highest BCUT2D eigenvalue weighted by atomic mass is 16.5. The van der Waals surface area contributed by atoms with Gasteiger partial charge in [0.15, 0.2) is 5.69 Å². The van der Waals surface area contributed by atoms with Crippen molar-refractivity contribution in [3.8, 4) is 11.4 Å². The van der Waals surface area contributed by atoms with Gasteiger partial charge in [0.2, 0.25) is 5.95 Å². The summed E-state index contributed by atoms with van der Waals surface area (Å²) in [4.78, 5) is 31.0. The maximum atomic E-state index is 12.6. The van der Waals surface area contributed by atoms with Gasteiger partial charge in [-0.1, -0.05) is 24.3 Å². The van der Waals surface area contributed by atoms with Crippen molar-refractivity contribution >= 4 is 11.6 Å². The molecule has 3 aromatic rings. The molecule has 1 saturated heterocycles. The van der Waals surface area contributed by atoms with Crippen LogP contribution in [0.2, 0.25) is 0 Å². The lowest BCUT2D eigenvalue weighted by molar-refractivity contribution is 0.0685. The molecule has 8 heteroatoms. The van der Waals surface area contributed by atoms with Crippen LogP contribution < -0.4 is 10.5 Å². The maximum absolute atomic E-state index is 12.6. The van der Waals surface area contributed by atoms with Crippen LogP contribution in [-0.2, 0) is 11.8 Å². The molecule has 1 aliphatic rings. The lowest BCUT2D eigenvalue weighted by Gasteiger charge is -2.26. The molecule has 0 spiro atoms. The summed E-state index contributed by atoms with van der Waals surface area (Å²) in [5, 5.41) is 0. The van der Waals surface area contributed by atoms with Crippen molar-refractivity contribution < 1.29 is 4.74 Å². The molecule has 1 aromatic carbocycles. The molecule has 0 radical (unpaired) electrons. The summed E-state index contributed by atoms with van der Waals surface area (Å²) >= 11 is 0. The van der Waals surface area contributed by atoms with Gasteiger partial charge in [-0.2, -0.15) is 0 Å². The van der Waals surface area contributed by atoms with Gasteiger partial charge in [-0.05, 0) is 18.1 Å². The Hall–Kier alpha value is -3.57. The number of hydrogen-bond acceptors (Lipinski definition) is 6. The Morgan fingerprint density at radius 2 is 2.03 bits per heavy atom. The largest absolute Gasteiger partial charge is 0.372 e. The molecule has 1 aliphatic heterocycles. The summed E-state index contributed by atoms with van der Waals surface area (Å²) in [6, 6.07) is 10.7. The summed E-state index contributed by atoms with van der Waals surface area (Å²) in [7, 11) is 1.72. The molecule has 29 heavy (non-hydrogen) atoms. The summed E-state index contributed by atoms with van der Waals surface area (Å²) in [5.74, 6) is 0.583. The molecule has 1 fully saturated rings. The van der Waals surface area contributed by atoms with Gasteiger partial charge in [-0.3, -0.25) is 9.36 Å². The highest BCUT2D eigenvalue weighted by Gasteiger charge is 2.23. The van der Waals surface area contributed by atoms with E-state index in [0.29, 0.717) is 36.2 Å². The Kier molecular flexibility index (Phi) is 5.31. The third-order valence-corrected chi connectivity index (χ3v) is 4.91. The molecule has 8 nitrogen and oxygen atoms in total. The first-order valence-corrected chi connectivity index (χ1v) is 9.34. The fourth-order valence-corrected chi connectivity index (χ4v) is 3.36. The Labute approximate surface area is 168 Å². The number of aromatic nitrogens is 4. The second-order valence-corrected chi connectivity index (χ2v) is 6.80. The monoisotopic (exact) mass is 388 g/mol. The van der Waals surface area contributed by atoms with Gasteiger partial charge in [0.25, 0.3) is 5.56 Å². The molecule has 0 aliphatic carbocycles. The van der Waals surface area contributed by atoms with E-state index in [0.717, 1.165) is 18.5 Å². The summed E-state index contributed by atoms with van der Waals surface area (Å²) in [5.41, 5.74) is 2.58. The molecule has 146 valence electrons. The van der Waals surface area contributed by atoms with E-state index in [1.807, 2.05) is 12.1 Å². The third kappa shape index (κ3) is 4.00. The molecule has 0 unspecified atom stereocenters. The fraction of sp³-hybridized carbons (Fsp3) is 0.286. The number of hydrogen-bond donors (Lipinski definition) is 0. The Morgan fingerprint density at radius 1 is 1.21 bits per heavy atom. The van der Waals surface area contributed by atoms with E-state index >= 15 is 0 Å². The lowest BCUT2D eigenvalue weighted by atomic mass is 10.1. The van der Waals surface area contributed by atoms with E-state index in [4.69, 9.17) is 16.3 Å². The van der Waals surface area contributed by atoms with Gasteiger partial charge in [0.1, 0.15) is 6.33 Å². The predicted molar refractivity (Wildman–Crippen MR) is 109 cm³/mol. The smallest absolute Gasteiger partial charge is 0.255 e. The molecular formula is C21H20N6O2.